The van der Waals surface area contributed by atoms with Crippen LogP contribution in [0.3, 0.4) is 0 Å². The maximum Gasteiger partial charge on any atom is 0.144 e. The Morgan fingerprint density at radius 3 is 2.89 bits per heavy atom. The van der Waals surface area contributed by atoms with Gasteiger partial charge in [-0.25, -0.2) is 4.39 Å². The summed E-state index contributed by atoms with van der Waals surface area (Å²) in [4.78, 5) is 3.62. The zero-order chi connectivity index (χ0) is 6.69. The van der Waals surface area contributed by atoms with Crippen LogP contribution in [-0.4, -0.2) is 4.98 Å². The van der Waals surface area contributed by atoms with Gasteiger partial charge in [0.1, 0.15) is 5.82 Å². The molecule has 1 rings (SSSR count). The standard InChI is InChI=1S/C7H8FN/c1-2-6-3-4-9-5-7(6)8/h3-5H,2H2,1H3. The van der Waals surface area contributed by atoms with E-state index in [-0.39, 0.29) is 5.82 Å². The van der Waals surface area contributed by atoms with Crippen molar-refractivity contribution in [3.8, 4) is 0 Å². The highest BCUT2D eigenvalue weighted by atomic mass is 19.1. The Labute approximate surface area is 53.5 Å². The minimum atomic E-state index is -0.208. The molecule has 0 saturated carbocycles. The second-order valence-corrected chi connectivity index (χ2v) is 1.82. The SMILES string of the molecule is CCc1ccncc1F. The third-order valence-electron chi connectivity index (χ3n) is 1.24. The van der Waals surface area contributed by atoms with Crippen LogP contribution in [0.5, 0.6) is 0 Å². The molecule has 0 N–H and O–H groups in total. The van der Waals surface area contributed by atoms with E-state index >= 15 is 0 Å². The van der Waals surface area contributed by atoms with Crippen molar-refractivity contribution in [2.24, 2.45) is 0 Å². The Hall–Kier alpha value is -0.920. The van der Waals surface area contributed by atoms with Gasteiger partial charge in [0.05, 0.1) is 6.20 Å². The fourth-order valence-corrected chi connectivity index (χ4v) is 0.691. The average Bonchev–Trinajstić information content (AvgIpc) is 1.89. The zero-order valence-corrected chi connectivity index (χ0v) is 5.26. The number of pyridine rings is 1. The summed E-state index contributed by atoms with van der Waals surface area (Å²) in [6.45, 7) is 1.92. The number of hydrogen-bond donors (Lipinski definition) is 0. The molecule has 0 aliphatic heterocycles. The molecule has 0 bridgehead atoms. The highest BCUT2D eigenvalue weighted by Crippen LogP contribution is 2.03. The number of halogens is 1. The summed E-state index contributed by atoms with van der Waals surface area (Å²) in [5, 5.41) is 0. The smallest absolute Gasteiger partial charge is 0.144 e. The lowest BCUT2D eigenvalue weighted by atomic mass is 10.2. The molecule has 0 saturated heterocycles. The van der Waals surface area contributed by atoms with Crippen molar-refractivity contribution in [2.75, 3.05) is 0 Å². The molecule has 1 heterocycles. The molecule has 0 aromatic carbocycles. The summed E-state index contributed by atoms with van der Waals surface area (Å²) in [7, 11) is 0. The summed E-state index contributed by atoms with van der Waals surface area (Å²) in [6.07, 6.45) is 3.56. The van der Waals surface area contributed by atoms with E-state index in [1.807, 2.05) is 6.92 Å². The summed E-state index contributed by atoms with van der Waals surface area (Å²) in [5.41, 5.74) is 0.727. The van der Waals surface area contributed by atoms with E-state index in [1.54, 1.807) is 12.3 Å². The van der Waals surface area contributed by atoms with Gasteiger partial charge in [0.2, 0.25) is 0 Å². The van der Waals surface area contributed by atoms with Crippen molar-refractivity contribution in [1.82, 2.24) is 4.98 Å². The van der Waals surface area contributed by atoms with Crippen molar-refractivity contribution in [1.29, 1.82) is 0 Å². The van der Waals surface area contributed by atoms with E-state index in [0.29, 0.717) is 0 Å². The van der Waals surface area contributed by atoms with Crippen LogP contribution in [0.2, 0.25) is 0 Å². The minimum Gasteiger partial charge on any atom is -0.262 e. The largest absolute Gasteiger partial charge is 0.262 e. The number of aromatic nitrogens is 1. The van der Waals surface area contributed by atoms with Gasteiger partial charge in [-0.3, -0.25) is 4.98 Å². The first-order valence-electron chi connectivity index (χ1n) is 2.93. The van der Waals surface area contributed by atoms with Gasteiger partial charge in [0, 0.05) is 6.20 Å². The number of nitrogens with zero attached hydrogens (tertiary/aromatic N) is 1. The molecule has 0 amide bonds. The number of aryl methyl sites for hydroxylation is 1. The van der Waals surface area contributed by atoms with Gasteiger partial charge in [0.25, 0.3) is 0 Å². The van der Waals surface area contributed by atoms with Gasteiger partial charge >= 0.3 is 0 Å². The molecular formula is C7H8FN. The first-order chi connectivity index (χ1) is 4.34. The lowest BCUT2D eigenvalue weighted by molar-refractivity contribution is 0.605. The Balaban J connectivity index is 3.01. The molecule has 2 heteroatoms. The molecule has 9 heavy (non-hydrogen) atoms. The number of rotatable bonds is 1. The summed E-state index contributed by atoms with van der Waals surface area (Å²) in [6, 6.07) is 1.69. The van der Waals surface area contributed by atoms with Crippen molar-refractivity contribution in [3.05, 3.63) is 29.8 Å². The van der Waals surface area contributed by atoms with Gasteiger partial charge in [-0.1, -0.05) is 6.92 Å². The molecule has 0 spiro atoms. The van der Waals surface area contributed by atoms with Crippen LogP contribution in [0.15, 0.2) is 18.5 Å². The normalized spacial score (nSPS) is 9.56. The first-order valence-corrected chi connectivity index (χ1v) is 2.93. The lowest BCUT2D eigenvalue weighted by Gasteiger charge is -1.94. The average molecular weight is 125 g/mol. The van der Waals surface area contributed by atoms with Crippen molar-refractivity contribution in [2.45, 2.75) is 13.3 Å². The summed E-state index contributed by atoms with van der Waals surface area (Å²) >= 11 is 0. The van der Waals surface area contributed by atoms with Crippen LogP contribution < -0.4 is 0 Å². The predicted molar refractivity (Wildman–Crippen MR) is 33.6 cm³/mol. The highest BCUT2D eigenvalue weighted by molar-refractivity contribution is 5.11. The molecule has 0 unspecified atom stereocenters. The van der Waals surface area contributed by atoms with Gasteiger partial charge in [-0.2, -0.15) is 0 Å². The molecule has 0 radical (unpaired) electrons. The van der Waals surface area contributed by atoms with Crippen LogP contribution in [0.1, 0.15) is 12.5 Å². The maximum atomic E-state index is 12.5. The van der Waals surface area contributed by atoms with E-state index in [1.165, 1.54) is 6.20 Å². The molecule has 1 nitrogen and oxygen atoms in total. The van der Waals surface area contributed by atoms with Crippen molar-refractivity contribution < 1.29 is 4.39 Å². The van der Waals surface area contributed by atoms with E-state index < -0.39 is 0 Å². The highest BCUT2D eigenvalue weighted by Gasteiger charge is 1.94. The predicted octanol–water partition coefficient (Wildman–Crippen LogP) is 1.78. The molecule has 0 aliphatic rings. The van der Waals surface area contributed by atoms with E-state index in [0.717, 1.165) is 12.0 Å². The van der Waals surface area contributed by atoms with Crippen LogP contribution in [0.25, 0.3) is 0 Å². The first kappa shape index (κ1) is 6.20. The molecule has 0 fully saturated rings. The zero-order valence-electron chi connectivity index (χ0n) is 5.26. The van der Waals surface area contributed by atoms with Crippen LogP contribution >= 0.6 is 0 Å². The molecule has 1 aromatic rings. The second kappa shape index (κ2) is 2.58. The lowest BCUT2D eigenvalue weighted by Crippen LogP contribution is -1.86. The Bertz CT molecular complexity index is 198. The topological polar surface area (TPSA) is 12.9 Å². The van der Waals surface area contributed by atoms with Crippen LogP contribution in [0, 0.1) is 5.82 Å². The van der Waals surface area contributed by atoms with E-state index in [2.05, 4.69) is 4.98 Å². The van der Waals surface area contributed by atoms with E-state index in [4.69, 9.17) is 0 Å². The molecular weight excluding hydrogens is 117 g/mol. The van der Waals surface area contributed by atoms with Crippen LogP contribution in [0.4, 0.5) is 4.39 Å². The Kier molecular flexibility index (Phi) is 1.78. The fraction of sp³-hybridized carbons (Fsp3) is 0.286. The van der Waals surface area contributed by atoms with E-state index in [9.17, 15) is 4.39 Å². The third kappa shape index (κ3) is 1.25. The monoisotopic (exact) mass is 125 g/mol. The van der Waals surface area contributed by atoms with Gasteiger partial charge in [-0.15, -0.1) is 0 Å². The van der Waals surface area contributed by atoms with Crippen molar-refractivity contribution in [3.63, 3.8) is 0 Å². The summed E-state index contributed by atoms with van der Waals surface area (Å²) < 4.78 is 12.5. The van der Waals surface area contributed by atoms with Crippen LogP contribution in [-0.2, 0) is 6.42 Å². The maximum absolute atomic E-state index is 12.5. The Morgan fingerprint density at radius 1 is 1.67 bits per heavy atom. The molecule has 0 aliphatic carbocycles. The van der Waals surface area contributed by atoms with Crippen molar-refractivity contribution >= 4 is 0 Å². The Morgan fingerprint density at radius 2 is 2.44 bits per heavy atom. The van der Waals surface area contributed by atoms with Gasteiger partial charge < -0.3 is 0 Å². The quantitative estimate of drug-likeness (QED) is 0.557. The molecule has 48 valence electrons. The minimum absolute atomic E-state index is 0.208. The molecule has 0 atom stereocenters. The molecule has 1 aromatic heterocycles. The van der Waals surface area contributed by atoms with Gasteiger partial charge in [-0.05, 0) is 18.1 Å². The fourth-order valence-electron chi connectivity index (χ4n) is 0.691. The summed E-state index contributed by atoms with van der Waals surface area (Å²) in [5.74, 6) is -0.208. The van der Waals surface area contributed by atoms with Gasteiger partial charge in [0.15, 0.2) is 0 Å². The second-order valence-electron chi connectivity index (χ2n) is 1.82. The third-order valence-corrected chi connectivity index (χ3v) is 1.24. The number of hydrogen-bond acceptors (Lipinski definition) is 1.